The van der Waals surface area contributed by atoms with Crippen LogP contribution in [-0.4, -0.2) is 0 Å². The fourth-order valence-electron chi connectivity index (χ4n) is 7.56. The predicted octanol–water partition coefficient (Wildman–Crippen LogP) is 10.1. The molecule has 0 bridgehead atoms. The molecule has 2 aliphatic rings. The molecule has 0 N–H and O–H groups in total. The summed E-state index contributed by atoms with van der Waals surface area (Å²) in [5, 5.41) is 0. The predicted molar refractivity (Wildman–Crippen MR) is 168 cm³/mol. The minimum atomic E-state index is -0.568. The minimum absolute atomic E-state index is 0.138. The van der Waals surface area contributed by atoms with Crippen LogP contribution in [0.1, 0.15) is 47.2 Å². The van der Waals surface area contributed by atoms with Crippen molar-refractivity contribution in [2.75, 3.05) is 0 Å². The van der Waals surface area contributed by atoms with Gasteiger partial charge < -0.3 is 4.74 Å². The Labute approximate surface area is 241 Å². The van der Waals surface area contributed by atoms with Gasteiger partial charge in [0, 0.05) is 16.5 Å². The number of hydrogen-bond acceptors (Lipinski definition) is 1. The lowest BCUT2D eigenvalue weighted by atomic mass is 9.61. The summed E-state index contributed by atoms with van der Waals surface area (Å²) in [7, 11) is 0. The maximum Gasteiger partial charge on any atom is 0.132 e. The summed E-state index contributed by atoms with van der Waals surface area (Å²) in [6, 6.07) is 52.7. The van der Waals surface area contributed by atoms with Gasteiger partial charge in [-0.3, -0.25) is 0 Å². The SMILES string of the molecule is CC1(C)c2ccccc2-c2cccc(-c3cccc4c3C(c3ccccc3)(c3ccccc3)c3ccccc3O4)c21. The van der Waals surface area contributed by atoms with Crippen molar-refractivity contribution in [3.63, 3.8) is 0 Å². The van der Waals surface area contributed by atoms with E-state index in [1.807, 2.05) is 0 Å². The zero-order valence-corrected chi connectivity index (χ0v) is 23.3. The van der Waals surface area contributed by atoms with E-state index in [0.717, 1.165) is 17.1 Å². The van der Waals surface area contributed by atoms with Crippen molar-refractivity contribution in [2.45, 2.75) is 24.7 Å². The van der Waals surface area contributed by atoms with Gasteiger partial charge in [0.05, 0.1) is 5.41 Å². The average molecular weight is 527 g/mol. The molecule has 0 atom stereocenters. The van der Waals surface area contributed by atoms with Gasteiger partial charge in [0.15, 0.2) is 0 Å². The summed E-state index contributed by atoms with van der Waals surface area (Å²) in [5.74, 6) is 1.80. The van der Waals surface area contributed by atoms with Crippen molar-refractivity contribution in [3.8, 4) is 33.8 Å². The third-order valence-corrected chi connectivity index (χ3v) is 9.20. The van der Waals surface area contributed by atoms with Gasteiger partial charge in [-0.2, -0.15) is 0 Å². The largest absolute Gasteiger partial charge is 0.457 e. The topological polar surface area (TPSA) is 9.23 Å². The van der Waals surface area contributed by atoms with Crippen molar-refractivity contribution >= 4 is 0 Å². The van der Waals surface area contributed by atoms with Gasteiger partial charge in [-0.25, -0.2) is 0 Å². The van der Waals surface area contributed by atoms with Gasteiger partial charge in [0.1, 0.15) is 11.5 Å². The summed E-state index contributed by atoms with van der Waals surface area (Å²) in [5.41, 5.74) is 12.0. The van der Waals surface area contributed by atoms with Gasteiger partial charge in [-0.1, -0.05) is 147 Å². The lowest BCUT2D eigenvalue weighted by Gasteiger charge is -2.43. The molecule has 0 unspecified atom stereocenters. The van der Waals surface area contributed by atoms with Crippen LogP contribution in [0.3, 0.4) is 0 Å². The van der Waals surface area contributed by atoms with Crippen LogP contribution >= 0.6 is 0 Å². The van der Waals surface area contributed by atoms with E-state index in [9.17, 15) is 0 Å². The smallest absolute Gasteiger partial charge is 0.132 e. The van der Waals surface area contributed by atoms with Gasteiger partial charge in [0.25, 0.3) is 0 Å². The van der Waals surface area contributed by atoms with Crippen LogP contribution in [-0.2, 0) is 10.8 Å². The van der Waals surface area contributed by atoms with Crippen molar-refractivity contribution < 1.29 is 4.74 Å². The van der Waals surface area contributed by atoms with Crippen LogP contribution in [0, 0.1) is 0 Å². The van der Waals surface area contributed by atoms with E-state index in [1.54, 1.807) is 0 Å². The summed E-state index contributed by atoms with van der Waals surface area (Å²) < 4.78 is 6.77. The van der Waals surface area contributed by atoms with Gasteiger partial charge in [-0.15, -0.1) is 0 Å². The highest BCUT2D eigenvalue weighted by atomic mass is 16.5. The zero-order chi connectivity index (χ0) is 27.6. The molecule has 41 heavy (non-hydrogen) atoms. The normalized spacial score (nSPS) is 15.2. The monoisotopic (exact) mass is 526 g/mol. The van der Waals surface area contributed by atoms with E-state index in [-0.39, 0.29) is 5.41 Å². The maximum absolute atomic E-state index is 6.77. The van der Waals surface area contributed by atoms with Crippen molar-refractivity contribution in [1.82, 2.24) is 0 Å². The molecule has 0 fully saturated rings. The molecule has 0 aromatic heterocycles. The van der Waals surface area contributed by atoms with Crippen LogP contribution < -0.4 is 4.74 Å². The second-order valence-corrected chi connectivity index (χ2v) is 11.7. The molecule has 0 saturated heterocycles. The van der Waals surface area contributed by atoms with Gasteiger partial charge >= 0.3 is 0 Å². The molecular weight excluding hydrogens is 496 g/mol. The summed E-state index contributed by atoms with van der Waals surface area (Å²) in [4.78, 5) is 0. The molecular formula is C40H30O. The fraction of sp³-hybridized carbons (Fsp3) is 0.100. The molecule has 1 heterocycles. The highest BCUT2D eigenvalue weighted by Crippen LogP contribution is 2.59. The maximum atomic E-state index is 6.77. The quantitative estimate of drug-likeness (QED) is 0.223. The second kappa shape index (κ2) is 8.81. The Morgan fingerprint density at radius 1 is 0.390 bits per heavy atom. The fourth-order valence-corrected chi connectivity index (χ4v) is 7.56. The van der Waals surface area contributed by atoms with Crippen molar-refractivity contribution in [3.05, 3.63) is 179 Å². The van der Waals surface area contributed by atoms with E-state index in [4.69, 9.17) is 4.74 Å². The summed E-state index contributed by atoms with van der Waals surface area (Å²) in [6.45, 7) is 4.73. The van der Waals surface area contributed by atoms with Gasteiger partial charge in [-0.05, 0) is 56.6 Å². The highest BCUT2D eigenvalue weighted by molar-refractivity contribution is 5.91. The molecule has 1 nitrogen and oxygen atoms in total. The van der Waals surface area contributed by atoms with E-state index < -0.39 is 5.41 Å². The van der Waals surface area contributed by atoms with Crippen LogP contribution in [0.2, 0.25) is 0 Å². The number of ether oxygens (including phenoxy) is 1. The van der Waals surface area contributed by atoms with Gasteiger partial charge in [0.2, 0.25) is 0 Å². The zero-order valence-electron chi connectivity index (χ0n) is 23.3. The van der Waals surface area contributed by atoms with Crippen molar-refractivity contribution in [2.24, 2.45) is 0 Å². The molecule has 8 rings (SSSR count). The Balaban J connectivity index is 1.53. The molecule has 6 aromatic rings. The molecule has 6 aromatic carbocycles. The molecule has 0 radical (unpaired) electrons. The standard InChI is InChI=1S/C40H30O/c1-39(2)33-23-10-9-19-29(33)30-20-13-21-31(37(30)39)32-22-14-26-36-38(32)40(27-15-5-3-6-16-27,28-17-7-4-8-18-28)34-24-11-12-25-35(34)41-36/h3-26H,1-2H3. The Hall–Kier alpha value is -4.88. The Morgan fingerprint density at radius 2 is 0.854 bits per heavy atom. The summed E-state index contributed by atoms with van der Waals surface area (Å²) >= 11 is 0. The van der Waals surface area contributed by atoms with E-state index >= 15 is 0 Å². The van der Waals surface area contributed by atoms with Crippen molar-refractivity contribution in [1.29, 1.82) is 0 Å². The average Bonchev–Trinajstić information content (AvgIpc) is 3.27. The molecule has 0 spiro atoms. The van der Waals surface area contributed by atoms with Crippen LogP contribution in [0.4, 0.5) is 0 Å². The second-order valence-electron chi connectivity index (χ2n) is 11.7. The molecule has 1 aliphatic carbocycles. The number of benzene rings is 6. The highest BCUT2D eigenvalue weighted by Gasteiger charge is 2.47. The molecule has 0 saturated carbocycles. The molecule has 1 aliphatic heterocycles. The first kappa shape index (κ1) is 24.0. The van der Waals surface area contributed by atoms with Crippen LogP contribution in [0.15, 0.2) is 146 Å². The first-order chi connectivity index (χ1) is 20.1. The van der Waals surface area contributed by atoms with Crippen LogP contribution in [0.25, 0.3) is 22.3 Å². The van der Waals surface area contributed by atoms with Crippen LogP contribution in [0.5, 0.6) is 11.5 Å². The van der Waals surface area contributed by atoms with E-state index in [2.05, 4.69) is 159 Å². The Morgan fingerprint density at radius 3 is 1.54 bits per heavy atom. The lowest BCUT2D eigenvalue weighted by Crippen LogP contribution is -2.35. The van der Waals surface area contributed by atoms with E-state index in [0.29, 0.717) is 0 Å². The molecule has 1 heteroatoms. The number of fused-ring (bicyclic) bond motifs is 5. The number of para-hydroxylation sites is 1. The first-order valence-corrected chi connectivity index (χ1v) is 14.4. The summed E-state index contributed by atoms with van der Waals surface area (Å²) in [6.07, 6.45) is 0. The Bertz CT molecular complexity index is 1890. The number of hydrogen-bond donors (Lipinski definition) is 0. The number of rotatable bonds is 3. The lowest BCUT2D eigenvalue weighted by molar-refractivity contribution is 0.435. The van der Waals surface area contributed by atoms with E-state index in [1.165, 1.54) is 50.1 Å². The third kappa shape index (κ3) is 3.24. The minimum Gasteiger partial charge on any atom is -0.457 e. The first-order valence-electron chi connectivity index (χ1n) is 14.4. The Kier molecular flexibility index (Phi) is 5.15. The molecule has 0 amide bonds. The molecule has 196 valence electrons. The third-order valence-electron chi connectivity index (χ3n) is 9.20.